The first kappa shape index (κ1) is 11.2. The third-order valence-corrected chi connectivity index (χ3v) is 2.02. The molecule has 1 heterocycles. The third kappa shape index (κ3) is 1.86. The van der Waals surface area contributed by atoms with Crippen LogP contribution in [0.1, 0.15) is 10.5 Å². The molecule has 7 heteroatoms. The second-order valence-electron chi connectivity index (χ2n) is 3.11. The van der Waals surface area contributed by atoms with Gasteiger partial charge in [-0.2, -0.15) is 4.39 Å². The largest absolute Gasteiger partial charge is 0.476 e. The topological polar surface area (TPSA) is 63.3 Å². The van der Waals surface area contributed by atoms with Gasteiger partial charge in [-0.05, 0) is 18.2 Å². The Morgan fingerprint density at radius 2 is 1.94 bits per heavy atom. The number of benzene rings is 1. The van der Waals surface area contributed by atoms with Crippen molar-refractivity contribution in [3.8, 4) is 11.3 Å². The predicted molar refractivity (Wildman–Crippen MR) is 48.8 cm³/mol. The lowest BCUT2D eigenvalue weighted by Gasteiger charge is -1.97. The van der Waals surface area contributed by atoms with Gasteiger partial charge in [0.15, 0.2) is 11.6 Å². The summed E-state index contributed by atoms with van der Waals surface area (Å²) in [6.45, 7) is 0. The Balaban J connectivity index is 2.53. The molecule has 0 unspecified atom stereocenters. The van der Waals surface area contributed by atoms with Gasteiger partial charge in [0.05, 0.1) is 0 Å². The molecule has 2 rings (SSSR count). The lowest BCUT2D eigenvalue weighted by molar-refractivity contribution is 0.0681. The van der Waals surface area contributed by atoms with Crippen LogP contribution in [0.25, 0.3) is 11.3 Å². The van der Waals surface area contributed by atoms with Gasteiger partial charge in [-0.15, -0.1) is 0 Å². The molecule has 0 bridgehead atoms. The van der Waals surface area contributed by atoms with E-state index in [1.54, 1.807) is 0 Å². The minimum absolute atomic E-state index is 0.138. The fraction of sp³-hybridized carbons (Fsp3) is 0. The molecule has 1 aromatic carbocycles. The standard InChI is InChI=1S/C10H4F3NO3/c11-5-2-1-4(3-6(5)12)9-7(13)8(10(15)16)14-17-9/h1-3H,(H,15,16). The van der Waals surface area contributed by atoms with Crippen LogP contribution in [0.3, 0.4) is 0 Å². The van der Waals surface area contributed by atoms with Crippen LogP contribution in [0.5, 0.6) is 0 Å². The predicted octanol–water partition coefficient (Wildman–Crippen LogP) is 2.46. The van der Waals surface area contributed by atoms with Crippen molar-refractivity contribution in [1.82, 2.24) is 5.16 Å². The molecule has 0 spiro atoms. The summed E-state index contributed by atoms with van der Waals surface area (Å²) in [7, 11) is 0. The minimum Gasteiger partial charge on any atom is -0.476 e. The second-order valence-corrected chi connectivity index (χ2v) is 3.11. The van der Waals surface area contributed by atoms with Gasteiger partial charge in [0, 0.05) is 5.56 Å². The highest BCUT2D eigenvalue weighted by Crippen LogP contribution is 2.26. The SMILES string of the molecule is O=C(O)c1noc(-c2ccc(F)c(F)c2)c1F. The van der Waals surface area contributed by atoms with Gasteiger partial charge in [-0.3, -0.25) is 0 Å². The maximum absolute atomic E-state index is 13.4. The van der Waals surface area contributed by atoms with E-state index >= 15 is 0 Å². The zero-order valence-electron chi connectivity index (χ0n) is 8.08. The summed E-state index contributed by atoms with van der Waals surface area (Å²) in [5.74, 6) is -5.70. The average Bonchev–Trinajstić information content (AvgIpc) is 2.64. The van der Waals surface area contributed by atoms with E-state index in [-0.39, 0.29) is 5.56 Å². The number of halogens is 3. The van der Waals surface area contributed by atoms with Crippen molar-refractivity contribution in [1.29, 1.82) is 0 Å². The molecule has 0 radical (unpaired) electrons. The van der Waals surface area contributed by atoms with E-state index in [1.165, 1.54) is 0 Å². The Morgan fingerprint density at radius 3 is 2.47 bits per heavy atom. The highest BCUT2D eigenvalue weighted by Gasteiger charge is 2.23. The number of rotatable bonds is 2. The van der Waals surface area contributed by atoms with Crippen LogP contribution in [-0.4, -0.2) is 16.2 Å². The summed E-state index contributed by atoms with van der Waals surface area (Å²) in [5.41, 5.74) is -1.05. The summed E-state index contributed by atoms with van der Waals surface area (Å²) in [5, 5.41) is 11.5. The number of carbonyl (C=O) groups is 1. The molecule has 0 atom stereocenters. The van der Waals surface area contributed by atoms with Crippen LogP contribution in [0, 0.1) is 17.5 Å². The van der Waals surface area contributed by atoms with E-state index in [2.05, 4.69) is 9.68 Å². The normalized spacial score (nSPS) is 10.5. The van der Waals surface area contributed by atoms with Gasteiger partial charge >= 0.3 is 5.97 Å². The molecule has 0 saturated heterocycles. The molecule has 0 aliphatic heterocycles. The van der Waals surface area contributed by atoms with Gasteiger partial charge < -0.3 is 9.63 Å². The van der Waals surface area contributed by atoms with Crippen molar-refractivity contribution < 1.29 is 27.6 Å². The highest BCUT2D eigenvalue weighted by atomic mass is 19.2. The van der Waals surface area contributed by atoms with Crippen molar-refractivity contribution in [2.45, 2.75) is 0 Å². The van der Waals surface area contributed by atoms with Crippen molar-refractivity contribution in [2.24, 2.45) is 0 Å². The molecule has 17 heavy (non-hydrogen) atoms. The van der Waals surface area contributed by atoms with E-state index in [4.69, 9.17) is 5.11 Å². The van der Waals surface area contributed by atoms with Crippen molar-refractivity contribution in [3.05, 3.63) is 41.3 Å². The van der Waals surface area contributed by atoms with Gasteiger partial charge in [0.25, 0.3) is 0 Å². The number of nitrogens with zero attached hydrogens (tertiary/aromatic N) is 1. The first-order valence-electron chi connectivity index (χ1n) is 4.34. The molecule has 0 aliphatic carbocycles. The van der Waals surface area contributed by atoms with E-state index in [1.807, 2.05) is 0 Å². The van der Waals surface area contributed by atoms with Crippen molar-refractivity contribution in [2.75, 3.05) is 0 Å². The minimum atomic E-state index is -1.61. The lowest BCUT2D eigenvalue weighted by atomic mass is 10.1. The van der Waals surface area contributed by atoms with Crippen LogP contribution in [0.15, 0.2) is 22.7 Å². The Hall–Kier alpha value is -2.31. The number of carboxylic acid groups (broad SMARTS) is 1. The summed E-state index contributed by atoms with van der Waals surface area (Å²) >= 11 is 0. The molecular weight excluding hydrogens is 239 g/mol. The maximum atomic E-state index is 13.4. The fourth-order valence-corrected chi connectivity index (χ4v) is 1.23. The lowest BCUT2D eigenvalue weighted by Crippen LogP contribution is -1.99. The molecule has 0 aliphatic rings. The van der Waals surface area contributed by atoms with Crippen molar-refractivity contribution >= 4 is 5.97 Å². The van der Waals surface area contributed by atoms with Crippen LogP contribution in [-0.2, 0) is 0 Å². The number of aromatic carboxylic acids is 1. The quantitative estimate of drug-likeness (QED) is 0.879. The Labute approximate surface area is 92.3 Å². The van der Waals surface area contributed by atoms with Gasteiger partial charge in [0.1, 0.15) is 0 Å². The average molecular weight is 243 g/mol. The molecule has 88 valence electrons. The number of aromatic nitrogens is 1. The third-order valence-electron chi connectivity index (χ3n) is 2.02. The maximum Gasteiger partial charge on any atom is 0.361 e. The summed E-state index contributed by atoms with van der Waals surface area (Å²) in [6.07, 6.45) is 0. The van der Waals surface area contributed by atoms with E-state index in [9.17, 15) is 18.0 Å². The molecular formula is C10H4F3NO3. The summed E-state index contributed by atoms with van der Waals surface area (Å²) in [6, 6.07) is 2.51. The molecule has 1 aromatic heterocycles. The van der Waals surface area contributed by atoms with Crippen molar-refractivity contribution in [3.63, 3.8) is 0 Å². The molecule has 1 N–H and O–H groups in total. The zero-order chi connectivity index (χ0) is 12.6. The molecule has 0 fully saturated rings. The van der Waals surface area contributed by atoms with Gasteiger partial charge in [0.2, 0.25) is 17.3 Å². The van der Waals surface area contributed by atoms with Crippen LogP contribution < -0.4 is 0 Å². The van der Waals surface area contributed by atoms with Crippen LogP contribution in [0.4, 0.5) is 13.2 Å². The van der Waals surface area contributed by atoms with Crippen LogP contribution >= 0.6 is 0 Å². The van der Waals surface area contributed by atoms with Gasteiger partial charge in [-0.25, -0.2) is 13.6 Å². The van der Waals surface area contributed by atoms with Gasteiger partial charge in [-0.1, -0.05) is 5.16 Å². The van der Waals surface area contributed by atoms with E-state index in [0.29, 0.717) is 6.07 Å². The second kappa shape index (κ2) is 3.93. The highest BCUT2D eigenvalue weighted by molar-refractivity contribution is 5.86. The Morgan fingerprint density at radius 1 is 1.24 bits per heavy atom. The summed E-state index contributed by atoms with van der Waals surface area (Å²) < 4.78 is 43.4. The molecule has 2 aromatic rings. The smallest absolute Gasteiger partial charge is 0.361 e. The Bertz CT molecular complexity index is 594. The van der Waals surface area contributed by atoms with E-state index in [0.717, 1.165) is 12.1 Å². The number of carboxylic acids is 1. The summed E-state index contributed by atoms with van der Waals surface area (Å²) in [4.78, 5) is 10.5. The molecule has 0 amide bonds. The fourth-order valence-electron chi connectivity index (χ4n) is 1.23. The number of hydrogen-bond acceptors (Lipinski definition) is 3. The Kier molecular flexibility index (Phi) is 2.58. The molecule has 4 nitrogen and oxygen atoms in total. The first-order chi connectivity index (χ1) is 8.00. The first-order valence-corrected chi connectivity index (χ1v) is 4.34. The zero-order valence-corrected chi connectivity index (χ0v) is 8.08. The molecule has 0 saturated carbocycles. The van der Waals surface area contributed by atoms with E-state index < -0.39 is 34.9 Å². The van der Waals surface area contributed by atoms with Crippen LogP contribution in [0.2, 0.25) is 0 Å². The number of hydrogen-bond donors (Lipinski definition) is 1. The monoisotopic (exact) mass is 243 g/mol.